The summed E-state index contributed by atoms with van der Waals surface area (Å²) >= 11 is 3.32. The highest BCUT2D eigenvalue weighted by Crippen LogP contribution is 2.15. The fourth-order valence-corrected chi connectivity index (χ4v) is 1.88. The van der Waals surface area contributed by atoms with E-state index in [1.54, 1.807) is 0 Å². The molecule has 0 bridgehead atoms. The molecule has 0 heterocycles. The van der Waals surface area contributed by atoms with Gasteiger partial charge in [-0.1, -0.05) is 28.1 Å². The van der Waals surface area contributed by atoms with Crippen LogP contribution in [0.3, 0.4) is 0 Å². The van der Waals surface area contributed by atoms with Crippen molar-refractivity contribution in [1.29, 1.82) is 0 Å². The molecule has 1 aromatic rings. The monoisotopic (exact) mass is 326 g/mol. The zero-order valence-corrected chi connectivity index (χ0v) is 11.1. The van der Waals surface area contributed by atoms with Crippen molar-refractivity contribution in [2.45, 2.75) is 18.6 Å². The van der Waals surface area contributed by atoms with Gasteiger partial charge in [-0.25, -0.2) is 0 Å². The topological polar surface area (TPSA) is 47.3 Å². The normalized spacial score (nSPS) is 13.6. The summed E-state index contributed by atoms with van der Waals surface area (Å²) in [5.41, 5.74) is 3.41. The third-order valence-electron chi connectivity index (χ3n) is 2.19. The highest BCUT2D eigenvalue weighted by Gasteiger charge is 2.27. The van der Waals surface area contributed by atoms with E-state index in [0.29, 0.717) is 6.42 Å². The zero-order valence-electron chi connectivity index (χ0n) is 9.51. The molecule has 0 aliphatic rings. The molecule has 0 aromatic heterocycles. The van der Waals surface area contributed by atoms with Crippen molar-refractivity contribution in [2.24, 2.45) is 5.84 Å². The van der Waals surface area contributed by atoms with Crippen LogP contribution < -0.4 is 11.3 Å². The molecule has 1 rings (SSSR count). The second kappa shape index (κ2) is 7.08. The van der Waals surface area contributed by atoms with Gasteiger partial charge in [0.15, 0.2) is 0 Å². The molecular formula is C11H14BrF3N2O. The molecule has 0 saturated carbocycles. The van der Waals surface area contributed by atoms with E-state index in [-0.39, 0.29) is 12.6 Å². The van der Waals surface area contributed by atoms with Gasteiger partial charge in [-0.15, -0.1) is 0 Å². The number of hydrogen-bond donors (Lipinski definition) is 2. The molecule has 0 amide bonds. The Bertz CT molecular complexity index is 374. The maximum absolute atomic E-state index is 11.9. The minimum atomic E-state index is -4.31. The second-order valence-electron chi connectivity index (χ2n) is 3.83. The molecule has 0 radical (unpaired) electrons. The number of nitrogens with two attached hydrogens (primary N) is 1. The summed E-state index contributed by atoms with van der Waals surface area (Å²) in [6, 6.07) is 7.12. The van der Waals surface area contributed by atoms with E-state index in [4.69, 9.17) is 5.84 Å². The van der Waals surface area contributed by atoms with Gasteiger partial charge >= 0.3 is 6.18 Å². The van der Waals surface area contributed by atoms with E-state index in [0.717, 1.165) is 10.0 Å². The first-order valence-corrected chi connectivity index (χ1v) is 6.05. The zero-order chi connectivity index (χ0) is 13.6. The highest BCUT2D eigenvalue weighted by atomic mass is 79.9. The molecule has 0 aliphatic heterocycles. The highest BCUT2D eigenvalue weighted by molar-refractivity contribution is 9.10. The van der Waals surface area contributed by atoms with E-state index in [2.05, 4.69) is 26.1 Å². The Kier molecular flexibility index (Phi) is 6.07. The van der Waals surface area contributed by atoms with Crippen LogP contribution in [0, 0.1) is 0 Å². The SMILES string of the molecule is NNC(COCC(F)(F)F)Cc1cccc(Br)c1. The summed E-state index contributed by atoms with van der Waals surface area (Å²) in [5, 5.41) is 0. The second-order valence-corrected chi connectivity index (χ2v) is 4.74. The lowest BCUT2D eigenvalue weighted by Gasteiger charge is -2.17. The number of hydrazine groups is 1. The van der Waals surface area contributed by atoms with Crippen molar-refractivity contribution in [3.8, 4) is 0 Å². The first kappa shape index (κ1) is 15.4. The standard InChI is InChI=1S/C11H14BrF3N2O/c12-9-3-1-2-8(4-9)5-10(17-16)6-18-7-11(13,14)15/h1-4,10,17H,5-7,16H2. The molecule has 3 N–H and O–H groups in total. The Morgan fingerprint density at radius 1 is 1.39 bits per heavy atom. The Hall–Kier alpha value is -0.630. The van der Waals surface area contributed by atoms with Gasteiger partial charge in [-0.05, 0) is 24.1 Å². The first-order chi connectivity index (χ1) is 8.40. The average molecular weight is 327 g/mol. The van der Waals surface area contributed by atoms with E-state index >= 15 is 0 Å². The molecule has 0 fully saturated rings. The average Bonchev–Trinajstić information content (AvgIpc) is 2.26. The summed E-state index contributed by atoms with van der Waals surface area (Å²) in [4.78, 5) is 0. The largest absolute Gasteiger partial charge is 0.411 e. The number of alkyl halides is 3. The molecule has 1 atom stereocenters. The van der Waals surface area contributed by atoms with Gasteiger partial charge in [0.25, 0.3) is 0 Å². The van der Waals surface area contributed by atoms with Crippen molar-refractivity contribution in [2.75, 3.05) is 13.2 Å². The van der Waals surface area contributed by atoms with E-state index in [9.17, 15) is 13.2 Å². The van der Waals surface area contributed by atoms with Crippen LogP contribution in [-0.4, -0.2) is 25.4 Å². The van der Waals surface area contributed by atoms with Gasteiger partial charge in [0.2, 0.25) is 0 Å². The smallest absolute Gasteiger partial charge is 0.370 e. The fourth-order valence-electron chi connectivity index (χ4n) is 1.43. The van der Waals surface area contributed by atoms with E-state index in [1.165, 1.54) is 0 Å². The van der Waals surface area contributed by atoms with Crippen LogP contribution in [0.25, 0.3) is 0 Å². The number of halogens is 4. The molecular weight excluding hydrogens is 313 g/mol. The number of rotatable bonds is 6. The van der Waals surface area contributed by atoms with Crippen LogP contribution >= 0.6 is 15.9 Å². The van der Waals surface area contributed by atoms with Crippen LogP contribution in [0.2, 0.25) is 0 Å². The van der Waals surface area contributed by atoms with Crippen LogP contribution in [0.15, 0.2) is 28.7 Å². The molecule has 7 heteroatoms. The van der Waals surface area contributed by atoms with Gasteiger partial charge in [0.1, 0.15) is 6.61 Å². The number of ether oxygens (including phenoxy) is 1. The Balaban J connectivity index is 2.42. The van der Waals surface area contributed by atoms with Gasteiger partial charge in [-0.3, -0.25) is 11.3 Å². The molecule has 102 valence electrons. The lowest BCUT2D eigenvalue weighted by atomic mass is 10.1. The number of benzene rings is 1. The molecule has 0 spiro atoms. The quantitative estimate of drug-likeness (QED) is 0.623. The third kappa shape index (κ3) is 6.34. The number of nitrogens with one attached hydrogen (secondary N) is 1. The van der Waals surface area contributed by atoms with Gasteiger partial charge in [-0.2, -0.15) is 13.2 Å². The molecule has 1 unspecified atom stereocenters. The Labute approximate surface area is 112 Å². The third-order valence-corrected chi connectivity index (χ3v) is 2.68. The van der Waals surface area contributed by atoms with Crippen molar-refractivity contribution >= 4 is 15.9 Å². The van der Waals surface area contributed by atoms with Crippen molar-refractivity contribution in [3.05, 3.63) is 34.3 Å². The van der Waals surface area contributed by atoms with Gasteiger partial charge in [0.05, 0.1) is 6.61 Å². The molecule has 3 nitrogen and oxygen atoms in total. The maximum Gasteiger partial charge on any atom is 0.411 e. The van der Waals surface area contributed by atoms with Gasteiger partial charge < -0.3 is 4.74 Å². The van der Waals surface area contributed by atoms with E-state index < -0.39 is 12.8 Å². The van der Waals surface area contributed by atoms with Crippen LogP contribution in [0.5, 0.6) is 0 Å². The molecule has 0 aliphatic carbocycles. The van der Waals surface area contributed by atoms with Crippen LogP contribution in [0.4, 0.5) is 13.2 Å². The molecule has 0 saturated heterocycles. The maximum atomic E-state index is 11.9. The van der Waals surface area contributed by atoms with Crippen molar-refractivity contribution in [3.63, 3.8) is 0 Å². The predicted octanol–water partition coefficient (Wildman–Crippen LogP) is 2.40. The summed E-state index contributed by atoms with van der Waals surface area (Å²) in [5.74, 6) is 5.29. The number of hydrogen-bond acceptors (Lipinski definition) is 3. The summed E-state index contributed by atoms with van der Waals surface area (Å²) in [7, 11) is 0. The van der Waals surface area contributed by atoms with Crippen molar-refractivity contribution < 1.29 is 17.9 Å². The summed E-state index contributed by atoms with van der Waals surface area (Å²) in [6.07, 6.45) is -3.82. The van der Waals surface area contributed by atoms with Crippen molar-refractivity contribution in [1.82, 2.24) is 5.43 Å². The lowest BCUT2D eigenvalue weighted by molar-refractivity contribution is -0.175. The predicted molar refractivity (Wildman–Crippen MR) is 65.8 cm³/mol. The van der Waals surface area contributed by atoms with E-state index in [1.807, 2.05) is 24.3 Å². The fraction of sp³-hybridized carbons (Fsp3) is 0.455. The summed E-state index contributed by atoms with van der Waals surface area (Å²) in [6.45, 7) is -1.35. The summed E-state index contributed by atoms with van der Waals surface area (Å²) < 4.78 is 41.2. The molecule has 1 aromatic carbocycles. The van der Waals surface area contributed by atoms with Gasteiger partial charge in [0, 0.05) is 10.5 Å². The lowest BCUT2D eigenvalue weighted by Crippen LogP contribution is -2.41. The first-order valence-electron chi connectivity index (χ1n) is 5.26. The van der Waals surface area contributed by atoms with Crippen LogP contribution in [-0.2, 0) is 11.2 Å². The van der Waals surface area contributed by atoms with Crippen LogP contribution in [0.1, 0.15) is 5.56 Å². The Morgan fingerprint density at radius 3 is 2.67 bits per heavy atom. The molecule has 18 heavy (non-hydrogen) atoms. The Morgan fingerprint density at radius 2 is 2.11 bits per heavy atom. The minimum Gasteiger partial charge on any atom is -0.370 e. The minimum absolute atomic E-state index is 0.0947.